The third kappa shape index (κ3) is 5.87. The van der Waals surface area contributed by atoms with Gasteiger partial charge in [-0.1, -0.05) is 42.5 Å². The molecule has 0 saturated heterocycles. The number of hydrazone groups is 1. The maximum Gasteiger partial charge on any atom is 0.275 e. The van der Waals surface area contributed by atoms with Gasteiger partial charge in [-0.05, 0) is 56.0 Å². The fourth-order valence-electron chi connectivity index (χ4n) is 3.74. The second-order valence-corrected chi connectivity index (χ2v) is 8.66. The van der Waals surface area contributed by atoms with Crippen molar-refractivity contribution < 1.29 is 23.9 Å². The summed E-state index contributed by atoms with van der Waals surface area (Å²) in [6.07, 6.45) is 1.42. The zero-order chi connectivity index (χ0) is 26.4. The van der Waals surface area contributed by atoms with Gasteiger partial charge in [0.15, 0.2) is 11.5 Å². The summed E-state index contributed by atoms with van der Waals surface area (Å²) in [6, 6.07) is 21.4. The van der Waals surface area contributed by atoms with Crippen molar-refractivity contribution >= 4 is 44.5 Å². The van der Waals surface area contributed by atoms with Crippen LogP contribution in [0.1, 0.15) is 21.5 Å². The number of carbonyl (C=O) groups is 1. The van der Waals surface area contributed by atoms with E-state index in [1.54, 1.807) is 12.1 Å². The molecular weight excluding hydrogens is 542 g/mol. The Morgan fingerprint density at radius 3 is 2.54 bits per heavy atom. The van der Waals surface area contributed by atoms with Crippen molar-refractivity contribution in [3.05, 3.63) is 104 Å². The minimum Gasteiger partial charge on any atom is -0.496 e. The number of benzene rings is 4. The van der Waals surface area contributed by atoms with Crippen LogP contribution in [0.3, 0.4) is 0 Å². The Morgan fingerprint density at radius 2 is 1.78 bits per heavy atom. The minimum absolute atomic E-state index is 0.00945. The third-order valence-corrected chi connectivity index (χ3v) is 6.11. The highest BCUT2D eigenvalue weighted by Gasteiger charge is 2.17. The maximum atomic E-state index is 12.6. The van der Waals surface area contributed by atoms with E-state index in [1.807, 2.05) is 24.3 Å². The Kier molecular flexibility index (Phi) is 7.99. The molecule has 10 heteroatoms. The van der Waals surface area contributed by atoms with Crippen LogP contribution in [-0.4, -0.2) is 31.3 Å². The Hall–Kier alpha value is -4.44. The maximum absolute atomic E-state index is 12.6. The summed E-state index contributed by atoms with van der Waals surface area (Å²) in [5.41, 5.74) is 3.78. The molecule has 0 heterocycles. The van der Waals surface area contributed by atoms with Gasteiger partial charge in [0.1, 0.15) is 12.4 Å². The number of hydrogen-bond acceptors (Lipinski definition) is 7. The molecule has 1 N–H and O–H groups in total. The van der Waals surface area contributed by atoms with Crippen molar-refractivity contribution in [3.8, 4) is 17.2 Å². The SMILES string of the molecule is COc1ccc([N+](=O)[O-])cc1C(=O)N/N=C\c1cc(Br)c(OCc2cccc3ccccc23)c(OC)c1. The number of halogens is 1. The highest BCUT2D eigenvalue weighted by atomic mass is 79.9. The molecule has 0 unspecified atom stereocenters. The smallest absolute Gasteiger partial charge is 0.275 e. The van der Waals surface area contributed by atoms with Crippen molar-refractivity contribution in [3.63, 3.8) is 0 Å². The zero-order valence-electron chi connectivity index (χ0n) is 19.9. The average Bonchev–Trinajstić information content (AvgIpc) is 2.91. The number of nitro benzene ring substituents is 1. The van der Waals surface area contributed by atoms with E-state index in [4.69, 9.17) is 14.2 Å². The molecule has 0 saturated carbocycles. The topological polar surface area (TPSA) is 112 Å². The summed E-state index contributed by atoms with van der Waals surface area (Å²) < 4.78 is 17.4. The van der Waals surface area contributed by atoms with Crippen LogP contribution in [0.25, 0.3) is 10.8 Å². The Bertz CT molecular complexity index is 1500. The molecule has 1 amide bonds. The van der Waals surface area contributed by atoms with E-state index in [0.29, 0.717) is 28.1 Å². The lowest BCUT2D eigenvalue weighted by molar-refractivity contribution is -0.384. The largest absolute Gasteiger partial charge is 0.496 e. The molecule has 0 aromatic heterocycles. The van der Waals surface area contributed by atoms with E-state index in [0.717, 1.165) is 22.4 Å². The van der Waals surface area contributed by atoms with Gasteiger partial charge < -0.3 is 14.2 Å². The lowest BCUT2D eigenvalue weighted by atomic mass is 10.1. The molecule has 0 aliphatic carbocycles. The Balaban J connectivity index is 1.49. The molecule has 0 radical (unpaired) electrons. The first-order chi connectivity index (χ1) is 17.9. The molecule has 0 atom stereocenters. The summed E-state index contributed by atoms with van der Waals surface area (Å²) >= 11 is 3.53. The molecule has 4 aromatic rings. The number of fused-ring (bicyclic) bond motifs is 1. The normalized spacial score (nSPS) is 10.9. The van der Waals surface area contributed by atoms with E-state index in [-0.39, 0.29) is 17.0 Å². The number of nitrogens with one attached hydrogen (secondary N) is 1. The van der Waals surface area contributed by atoms with E-state index < -0.39 is 10.8 Å². The fraction of sp³-hybridized carbons (Fsp3) is 0.111. The molecule has 0 aliphatic heterocycles. The lowest BCUT2D eigenvalue weighted by Crippen LogP contribution is -2.18. The Labute approximate surface area is 220 Å². The lowest BCUT2D eigenvalue weighted by Gasteiger charge is -2.14. The van der Waals surface area contributed by atoms with E-state index in [2.05, 4.69) is 44.7 Å². The van der Waals surface area contributed by atoms with Gasteiger partial charge in [-0.2, -0.15) is 5.10 Å². The van der Waals surface area contributed by atoms with Crippen molar-refractivity contribution in [1.82, 2.24) is 5.43 Å². The molecule has 0 aliphatic rings. The summed E-state index contributed by atoms with van der Waals surface area (Å²) in [7, 11) is 2.90. The molecule has 0 spiro atoms. The summed E-state index contributed by atoms with van der Waals surface area (Å²) in [5.74, 6) is 0.536. The van der Waals surface area contributed by atoms with Crippen molar-refractivity contribution in [1.29, 1.82) is 0 Å². The highest BCUT2D eigenvalue weighted by molar-refractivity contribution is 9.10. The first kappa shape index (κ1) is 25.6. The van der Waals surface area contributed by atoms with Gasteiger partial charge >= 0.3 is 0 Å². The van der Waals surface area contributed by atoms with Gasteiger partial charge in [-0.3, -0.25) is 14.9 Å². The van der Waals surface area contributed by atoms with Gasteiger partial charge in [0.2, 0.25) is 0 Å². The second-order valence-electron chi connectivity index (χ2n) is 7.80. The number of nitro groups is 1. The van der Waals surface area contributed by atoms with Gasteiger partial charge in [0.05, 0.1) is 35.4 Å². The number of hydrogen-bond donors (Lipinski definition) is 1. The first-order valence-electron chi connectivity index (χ1n) is 11.0. The van der Waals surface area contributed by atoms with Crippen molar-refractivity contribution in [2.24, 2.45) is 5.10 Å². The quantitative estimate of drug-likeness (QED) is 0.155. The summed E-state index contributed by atoms with van der Waals surface area (Å²) in [6.45, 7) is 0.338. The van der Waals surface area contributed by atoms with Crippen LogP contribution in [0.15, 0.2) is 82.4 Å². The standard InChI is InChI=1S/C27H22BrN3O6/c1-35-24-11-10-20(31(33)34)14-22(24)27(32)30-29-15-17-12-23(28)26(25(13-17)36-2)37-16-19-8-5-7-18-6-3-4-9-21(18)19/h3-15H,16H2,1-2H3,(H,30,32)/b29-15-. The summed E-state index contributed by atoms with van der Waals surface area (Å²) in [5, 5.41) is 17.3. The number of carbonyl (C=O) groups excluding carboxylic acids is 1. The van der Waals surface area contributed by atoms with Crippen molar-refractivity contribution in [2.75, 3.05) is 14.2 Å². The van der Waals surface area contributed by atoms with Gasteiger partial charge in [0, 0.05) is 12.1 Å². The molecule has 0 fully saturated rings. The van der Waals surface area contributed by atoms with Crippen molar-refractivity contribution in [2.45, 2.75) is 6.61 Å². The van der Waals surface area contributed by atoms with Gasteiger partial charge in [-0.25, -0.2) is 5.43 Å². The monoisotopic (exact) mass is 563 g/mol. The van der Waals surface area contributed by atoms with Crippen LogP contribution in [0, 0.1) is 10.1 Å². The van der Waals surface area contributed by atoms with E-state index in [1.165, 1.54) is 32.6 Å². The number of amides is 1. The van der Waals surface area contributed by atoms with E-state index in [9.17, 15) is 14.9 Å². The second kappa shape index (κ2) is 11.5. The van der Waals surface area contributed by atoms with Crippen LogP contribution < -0.4 is 19.6 Å². The molecule has 188 valence electrons. The van der Waals surface area contributed by atoms with E-state index >= 15 is 0 Å². The molecule has 4 aromatic carbocycles. The number of rotatable bonds is 9. The van der Waals surface area contributed by atoms with Crippen LogP contribution in [-0.2, 0) is 6.61 Å². The number of nitrogens with zero attached hydrogens (tertiary/aromatic N) is 2. The molecule has 9 nitrogen and oxygen atoms in total. The van der Waals surface area contributed by atoms with Crippen LogP contribution in [0.4, 0.5) is 5.69 Å². The predicted molar refractivity (Wildman–Crippen MR) is 144 cm³/mol. The Morgan fingerprint density at radius 1 is 1.03 bits per heavy atom. The fourth-order valence-corrected chi connectivity index (χ4v) is 4.31. The predicted octanol–water partition coefficient (Wildman–Crippen LogP) is 5.87. The zero-order valence-corrected chi connectivity index (χ0v) is 21.5. The number of non-ortho nitro benzene ring substituents is 1. The summed E-state index contributed by atoms with van der Waals surface area (Å²) in [4.78, 5) is 23.0. The van der Waals surface area contributed by atoms with Gasteiger partial charge in [0.25, 0.3) is 11.6 Å². The van der Waals surface area contributed by atoms with Crippen LogP contribution in [0.5, 0.6) is 17.2 Å². The molecular formula is C27H22BrN3O6. The number of ether oxygens (including phenoxy) is 3. The molecule has 37 heavy (non-hydrogen) atoms. The minimum atomic E-state index is -0.655. The third-order valence-electron chi connectivity index (χ3n) is 5.52. The molecule has 0 bridgehead atoms. The van der Waals surface area contributed by atoms with Gasteiger partial charge in [-0.15, -0.1) is 0 Å². The molecule has 4 rings (SSSR count). The highest BCUT2D eigenvalue weighted by Crippen LogP contribution is 2.37. The van der Waals surface area contributed by atoms with Crippen LogP contribution >= 0.6 is 15.9 Å². The van der Waals surface area contributed by atoms with Crippen LogP contribution in [0.2, 0.25) is 0 Å². The number of methoxy groups -OCH3 is 2. The first-order valence-corrected chi connectivity index (χ1v) is 11.8. The average molecular weight is 564 g/mol.